The molecule has 0 aromatic heterocycles. The van der Waals surface area contributed by atoms with Crippen molar-refractivity contribution < 1.29 is 9.53 Å². The lowest BCUT2D eigenvalue weighted by Gasteiger charge is -2.17. The van der Waals surface area contributed by atoms with Crippen molar-refractivity contribution in [1.29, 1.82) is 0 Å². The van der Waals surface area contributed by atoms with E-state index in [1.165, 1.54) is 0 Å². The fraction of sp³-hybridized carbons (Fsp3) is 0.263. The zero-order valence-electron chi connectivity index (χ0n) is 15.3. The highest BCUT2D eigenvalue weighted by atomic mass is 127. The fourth-order valence-corrected chi connectivity index (χ4v) is 2.73. The first-order valence-corrected chi connectivity index (χ1v) is 8.97. The highest BCUT2D eigenvalue weighted by molar-refractivity contribution is 14.0. The number of carbonyl (C=O) groups is 1. The van der Waals surface area contributed by atoms with E-state index in [4.69, 9.17) is 10.5 Å². The van der Waals surface area contributed by atoms with Crippen molar-refractivity contribution in [3.8, 4) is 5.75 Å². The number of anilines is 1. The molecule has 0 aliphatic carbocycles. The number of nitrogens with zero attached hydrogens (tertiary/aromatic N) is 2. The topological polar surface area (TPSA) is 80.0 Å². The summed E-state index contributed by atoms with van der Waals surface area (Å²) in [6, 6.07) is 15.2. The molecule has 2 rings (SSSR count). The van der Waals surface area contributed by atoms with E-state index in [9.17, 15) is 4.79 Å². The monoisotopic (exact) mass is 546 g/mol. The molecule has 1 amide bonds. The molecule has 0 atom stereocenters. The number of ether oxygens (including phenoxy) is 1. The molecule has 0 spiro atoms. The quantitative estimate of drug-likeness (QED) is 0.314. The smallest absolute Gasteiger partial charge is 0.224 e. The van der Waals surface area contributed by atoms with Crippen molar-refractivity contribution in [3.05, 3.63) is 58.6 Å². The van der Waals surface area contributed by atoms with Gasteiger partial charge in [-0.15, -0.1) is 24.0 Å². The van der Waals surface area contributed by atoms with Gasteiger partial charge in [0.05, 0.1) is 13.7 Å². The van der Waals surface area contributed by atoms with Crippen LogP contribution in [0.5, 0.6) is 5.75 Å². The number of halogens is 2. The number of carbonyl (C=O) groups excluding carboxylic acids is 1. The Labute approximate surface area is 185 Å². The van der Waals surface area contributed by atoms with Crippen LogP contribution in [0.15, 0.2) is 58.0 Å². The Hall–Kier alpha value is -1.81. The van der Waals surface area contributed by atoms with Crippen LogP contribution in [0.3, 0.4) is 0 Å². The summed E-state index contributed by atoms with van der Waals surface area (Å²) < 4.78 is 6.15. The highest BCUT2D eigenvalue weighted by Gasteiger charge is 2.10. The van der Waals surface area contributed by atoms with Crippen LogP contribution < -0.4 is 15.8 Å². The lowest BCUT2D eigenvalue weighted by molar-refractivity contribution is -0.130. The molecule has 0 saturated heterocycles. The van der Waals surface area contributed by atoms with Crippen LogP contribution in [-0.2, 0) is 11.3 Å². The molecule has 0 aliphatic rings. The van der Waals surface area contributed by atoms with Gasteiger partial charge in [-0.3, -0.25) is 9.79 Å². The van der Waals surface area contributed by atoms with Gasteiger partial charge < -0.3 is 20.7 Å². The maximum atomic E-state index is 12.2. The number of rotatable bonds is 7. The number of aliphatic imine (C=N–C) groups is 1. The van der Waals surface area contributed by atoms with E-state index in [0.717, 1.165) is 21.5 Å². The molecule has 146 valence electrons. The summed E-state index contributed by atoms with van der Waals surface area (Å²) in [5, 5.41) is 2.98. The molecule has 3 N–H and O–H groups in total. The van der Waals surface area contributed by atoms with Gasteiger partial charge in [-0.2, -0.15) is 0 Å². The van der Waals surface area contributed by atoms with Crippen molar-refractivity contribution in [2.24, 2.45) is 10.7 Å². The normalized spacial score (nSPS) is 10.7. The summed E-state index contributed by atoms with van der Waals surface area (Å²) in [7, 11) is 3.38. The summed E-state index contributed by atoms with van der Waals surface area (Å²) in [6.07, 6.45) is 0.293. The van der Waals surface area contributed by atoms with Crippen molar-refractivity contribution in [2.45, 2.75) is 13.0 Å². The summed E-state index contributed by atoms with van der Waals surface area (Å²) in [4.78, 5) is 18.1. The van der Waals surface area contributed by atoms with Crippen LogP contribution in [0.1, 0.15) is 12.0 Å². The van der Waals surface area contributed by atoms with Gasteiger partial charge in [-0.25, -0.2) is 0 Å². The minimum atomic E-state index is 0. The van der Waals surface area contributed by atoms with Gasteiger partial charge in [0.15, 0.2) is 5.96 Å². The number of amides is 1. The van der Waals surface area contributed by atoms with Gasteiger partial charge in [0, 0.05) is 36.2 Å². The van der Waals surface area contributed by atoms with E-state index in [0.29, 0.717) is 19.5 Å². The van der Waals surface area contributed by atoms with Crippen molar-refractivity contribution in [2.75, 3.05) is 26.0 Å². The first kappa shape index (κ1) is 23.2. The molecule has 0 aliphatic heterocycles. The largest absolute Gasteiger partial charge is 0.497 e. The SMILES string of the molecule is COc1cccc(NC(N)=NCCC(=O)N(C)Cc2ccccc2Br)c1.I. The van der Waals surface area contributed by atoms with Crippen LogP contribution in [0, 0.1) is 0 Å². The molecular weight excluding hydrogens is 523 g/mol. The van der Waals surface area contributed by atoms with Crippen molar-refractivity contribution in [3.63, 3.8) is 0 Å². The van der Waals surface area contributed by atoms with E-state index in [1.54, 1.807) is 19.1 Å². The van der Waals surface area contributed by atoms with Crippen LogP contribution in [-0.4, -0.2) is 37.5 Å². The Bertz CT molecular complexity index is 786. The number of hydrogen-bond donors (Lipinski definition) is 2. The zero-order chi connectivity index (χ0) is 18.9. The van der Waals surface area contributed by atoms with Gasteiger partial charge in [-0.1, -0.05) is 40.2 Å². The molecule has 2 aromatic carbocycles. The molecule has 0 saturated carbocycles. The molecular formula is C19H24BrIN4O2. The predicted molar refractivity (Wildman–Crippen MR) is 124 cm³/mol. The van der Waals surface area contributed by atoms with Gasteiger partial charge in [0.1, 0.15) is 5.75 Å². The summed E-state index contributed by atoms with van der Waals surface area (Å²) >= 11 is 3.49. The highest BCUT2D eigenvalue weighted by Crippen LogP contribution is 2.18. The summed E-state index contributed by atoms with van der Waals surface area (Å²) in [6.45, 7) is 0.865. The molecule has 6 nitrogen and oxygen atoms in total. The predicted octanol–water partition coefficient (Wildman–Crippen LogP) is 3.85. The van der Waals surface area contributed by atoms with Crippen LogP contribution >= 0.6 is 39.9 Å². The Morgan fingerprint density at radius 1 is 1.26 bits per heavy atom. The van der Waals surface area contributed by atoms with E-state index in [1.807, 2.05) is 48.5 Å². The van der Waals surface area contributed by atoms with E-state index in [-0.39, 0.29) is 35.8 Å². The minimum Gasteiger partial charge on any atom is -0.497 e. The number of hydrogen-bond acceptors (Lipinski definition) is 3. The number of benzene rings is 2. The second-order valence-electron chi connectivity index (χ2n) is 5.72. The van der Waals surface area contributed by atoms with Gasteiger partial charge in [0.25, 0.3) is 0 Å². The average molecular weight is 547 g/mol. The average Bonchev–Trinajstić information content (AvgIpc) is 2.63. The molecule has 0 fully saturated rings. The van der Waals surface area contributed by atoms with Gasteiger partial charge >= 0.3 is 0 Å². The second-order valence-corrected chi connectivity index (χ2v) is 6.57. The van der Waals surface area contributed by atoms with Crippen LogP contribution in [0.25, 0.3) is 0 Å². The first-order chi connectivity index (χ1) is 12.5. The summed E-state index contributed by atoms with van der Waals surface area (Å²) in [5.74, 6) is 1.00. The molecule has 0 bridgehead atoms. The van der Waals surface area contributed by atoms with E-state index >= 15 is 0 Å². The minimum absolute atomic E-state index is 0. The number of guanidine groups is 1. The first-order valence-electron chi connectivity index (χ1n) is 8.18. The standard InChI is InChI=1S/C19H23BrN4O2.HI/c1-24(13-14-6-3-4-9-17(14)20)18(25)10-11-22-19(21)23-15-7-5-8-16(12-15)26-2;/h3-9,12H,10-11,13H2,1-2H3,(H3,21,22,23);1H. The molecule has 0 unspecified atom stereocenters. The van der Waals surface area contributed by atoms with Crippen molar-refractivity contribution in [1.82, 2.24) is 4.90 Å². The lowest BCUT2D eigenvalue weighted by atomic mass is 10.2. The Morgan fingerprint density at radius 2 is 2.00 bits per heavy atom. The number of nitrogens with one attached hydrogen (secondary N) is 1. The third-order valence-electron chi connectivity index (χ3n) is 3.74. The lowest BCUT2D eigenvalue weighted by Crippen LogP contribution is -2.28. The Morgan fingerprint density at radius 3 is 2.70 bits per heavy atom. The Kier molecular flexibility index (Phi) is 10.2. The molecule has 2 aromatic rings. The maximum absolute atomic E-state index is 12.2. The van der Waals surface area contributed by atoms with E-state index in [2.05, 4.69) is 26.2 Å². The summed E-state index contributed by atoms with van der Waals surface area (Å²) in [5.41, 5.74) is 7.71. The molecule has 0 radical (unpaired) electrons. The maximum Gasteiger partial charge on any atom is 0.224 e. The van der Waals surface area contributed by atoms with Crippen LogP contribution in [0.4, 0.5) is 5.69 Å². The molecule has 27 heavy (non-hydrogen) atoms. The third kappa shape index (κ3) is 7.76. The van der Waals surface area contributed by atoms with Gasteiger partial charge in [0.2, 0.25) is 5.91 Å². The van der Waals surface area contributed by atoms with Crippen molar-refractivity contribution >= 4 is 57.5 Å². The number of nitrogens with two attached hydrogens (primary N) is 1. The fourth-order valence-electron chi connectivity index (χ4n) is 2.32. The number of methoxy groups -OCH3 is 1. The van der Waals surface area contributed by atoms with Gasteiger partial charge in [-0.05, 0) is 23.8 Å². The molecule has 0 heterocycles. The second kappa shape index (κ2) is 11.8. The third-order valence-corrected chi connectivity index (χ3v) is 4.51. The Balaban J connectivity index is 0.00000364. The van der Waals surface area contributed by atoms with E-state index < -0.39 is 0 Å². The zero-order valence-corrected chi connectivity index (χ0v) is 19.2. The van der Waals surface area contributed by atoms with Crippen LogP contribution in [0.2, 0.25) is 0 Å². The molecule has 8 heteroatoms.